The van der Waals surface area contributed by atoms with Crippen LogP contribution < -0.4 is 4.74 Å². The van der Waals surface area contributed by atoms with Crippen LogP contribution in [0.5, 0.6) is 5.75 Å². The van der Waals surface area contributed by atoms with Crippen LogP contribution in [0.1, 0.15) is 61.9 Å². The van der Waals surface area contributed by atoms with Crippen LogP contribution >= 0.6 is 0 Å². The fourth-order valence-corrected chi connectivity index (χ4v) is 9.20. The average molecular weight is 777 g/mol. The van der Waals surface area contributed by atoms with E-state index in [0.29, 0.717) is 5.82 Å². The molecule has 1 aromatic heterocycles. The molecule has 60 heavy (non-hydrogen) atoms. The van der Waals surface area contributed by atoms with Crippen molar-refractivity contribution in [2.45, 2.75) is 46.5 Å². The Hall–Kier alpha value is -7.10. The minimum atomic E-state index is -0.508. The second-order valence-electron chi connectivity index (χ2n) is 15.6. The van der Waals surface area contributed by atoms with E-state index in [9.17, 15) is 0 Å². The number of rotatable bonds is 10. The van der Waals surface area contributed by atoms with Crippen molar-refractivity contribution in [1.29, 1.82) is 0 Å². The Morgan fingerprint density at radius 1 is 0.650 bits per heavy atom. The molecule has 0 bridgehead atoms. The summed E-state index contributed by atoms with van der Waals surface area (Å²) in [6.07, 6.45) is 11.4. The van der Waals surface area contributed by atoms with Crippen molar-refractivity contribution in [2.75, 3.05) is 0 Å². The zero-order valence-corrected chi connectivity index (χ0v) is 35.0. The Morgan fingerprint density at radius 2 is 1.27 bits per heavy atom. The molecular formula is C57H48N2O. The maximum atomic E-state index is 6.77. The first-order chi connectivity index (χ1) is 29.4. The third-order valence-electron chi connectivity index (χ3n) is 12.3. The number of hydrogen-bond acceptors (Lipinski definition) is 3. The molecule has 0 saturated carbocycles. The van der Waals surface area contributed by atoms with Gasteiger partial charge in [-0.15, -0.1) is 0 Å². The van der Waals surface area contributed by atoms with Gasteiger partial charge in [-0.05, 0) is 125 Å². The topological polar surface area (TPSA) is 35.0 Å². The normalized spacial score (nSPS) is 15.7. The summed E-state index contributed by atoms with van der Waals surface area (Å²) >= 11 is 0. The molecule has 6 aromatic carbocycles. The molecule has 0 aliphatic heterocycles. The van der Waals surface area contributed by atoms with Crippen molar-refractivity contribution in [3.05, 3.63) is 227 Å². The lowest BCUT2D eigenvalue weighted by Crippen LogP contribution is -2.27. The third-order valence-corrected chi connectivity index (χ3v) is 12.3. The molecule has 0 N–H and O–H groups in total. The van der Waals surface area contributed by atoms with E-state index >= 15 is 0 Å². The molecule has 3 heteroatoms. The molecule has 1 unspecified atom stereocenters. The molecule has 7 aromatic rings. The summed E-state index contributed by atoms with van der Waals surface area (Å²) in [5, 5.41) is 0. The molecule has 0 radical (unpaired) electrons. The van der Waals surface area contributed by atoms with E-state index in [1.165, 1.54) is 44.5 Å². The largest absolute Gasteiger partial charge is 0.457 e. The zero-order valence-electron chi connectivity index (χ0n) is 35.0. The molecule has 2 aliphatic carbocycles. The van der Waals surface area contributed by atoms with E-state index in [2.05, 4.69) is 186 Å². The van der Waals surface area contributed by atoms with Crippen LogP contribution in [0.3, 0.4) is 0 Å². The molecule has 1 heterocycles. The molecule has 0 fully saturated rings. The number of hydrogen-bond donors (Lipinski definition) is 0. The van der Waals surface area contributed by atoms with Gasteiger partial charge in [0.1, 0.15) is 11.5 Å². The van der Waals surface area contributed by atoms with E-state index in [1.807, 2.05) is 25.1 Å². The highest BCUT2D eigenvalue weighted by Gasteiger charge is 2.52. The summed E-state index contributed by atoms with van der Waals surface area (Å²) in [6.45, 7) is 14.8. The fourth-order valence-electron chi connectivity index (χ4n) is 9.20. The molecule has 0 amide bonds. The van der Waals surface area contributed by atoms with Gasteiger partial charge in [0.05, 0.1) is 16.8 Å². The van der Waals surface area contributed by atoms with Gasteiger partial charge in [-0.2, -0.15) is 0 Å². The van der Waals surface area contributed by atoms with Gasteiger partial charge < -0.3 is 4.74 Å². The van der Waals surface area contributed by atoms with Gasteiger partial charge in [0.2, 0.25) is 0 Å². The van der Waals surface area contributed by atoms with Crippen LogP contribution in [0.2, 0.25) is 0 Å². The number of fused-ring (bicyclic) bond motifs is 7. The van der Waals surface area contributed by atoms with Crippen LogP contribution in [0.4, 0.5) is 0 Å². The quantitative estimate of drug-likeness (QED) is 0.102. The van der Waals surface area contributed by atoms with Gasteiger partial charge >= 0.3 is 0 Å². The van der Waals surface area contributed by atoms with Crippen LogP contribution in [0.25, 0.3) is 61.7 Å². The first kappa shape index (κ1) is 38.4. The predicted octanol–water partition coefficient (Wildman–Crippen LogP) is 14.9. The van der Waals surface area contributed by atoms with Crippen molar-refractivity contribution in [3.8, 4) is 61.9 Å². The van der Waals surface area contributed by atoms with Crippen molar-refractivity contribution in [2.24, 2.45) is 0 Å². The summed E-state index contributed by atoms with van der Waals surface area (Å²) in [6, 6.07) is 51.9. The van der Waals surface area contributed by atoms with Crippen LogP contribution in [-0.2, 0) is 5.41 Å². The molecular weight excluding hydrogens is 729 g/mol. The first-order valence-corrected chi connectivity index (χ1v) is 20.9. The molecule has 1 atom stereocenters. The Morgan fingerprint density at radius 3 is 1.92 bits per heavy atom. The van der Waals surface area contributed by atoms with Crippen molar-refractivity contribution >= 4 is 5.57 Å². The van der Waals surface area contributed by atoms with E-state index in [4.69, 9.17) is 14.7 Å². The smallest absolute Gasteiger partial charge is 0.160 e. The summed E-state index contributed by atoms with van der Waals surface area (Å²) in [5.74, 6) is 2.35. The molecule has 1 spiro atoms. The predicted molar refractivity (Wildman–Crippen MR) is 251 cm³/mol. The maximum Gasteiger partial charge on any atom is 0.160 e. The summed E-state index contributed by atoms with van der Waals surface area (Å²) in [4.78, 5) is 10.2. The van der Waals surface area contributed by atoms with Crippen molar-refractivity contribution in [3.63, 3.8) is 0 Å². The standard InChI is InChI=1S/C57H48N2O/c1-7-10-24-45-39(6)57(49-26-18-17-25-46(45)49)50-35-44(31-32-47(50)48-33-34-54(38(5)55(48)57)60-53(19-8-2)37(4)9-3)40-27-29-43(30-28-40)56-58-51(41-20-13-11-14-21-41)36-52(59-56)42-22-15-12-16-23-42/h8-36H,2,7H2,1,3-6H3/b24-10-,37-9-,53-19+. The fraction of sp³-hybridized carbons (Fsp3) is 0.123. The Bertz CT molecular complexity index is 2850. The number of aromatic nitrogens is 2. The van der Waals surface area contributed by atoms with E-state index in [0.717, 1.165) is 68.3 Å². The third kappa shape index (κ3) is 6.38. The van der Waals surface area contributed by atoms with Gasteiger partial charge in [-0.25, -0.2) is 9.97 Å². The second kappa shape index (κ2) is 15.9. The Balaban J connectivity index is 1.19. The van der Waals surface area contributed by atoms with Crippen LogP contribution in [0.15, 0.2) is 199 Å². The highest BCUT2D eigenvalue weighted by atomic mass is 16.5. The van der Waals surface area contributed by atoms with Crippen molar-refractivity contribution in [1.82, 2.24) is 9.97 Å². The Labute approximate surface area is 354 Å². The van der Waals surface area contributed by atoms with E-state index < -0.39 is 5.41 Å². The van der Waals surface area contributed by atoms with E-state index in [-0.39, 0.29) is 0 Å². The second-order valence-corrected chi connectivity index (χ2v) is 15.6. The molecule has 2 aliphatic rings. The lowest BCUT2D eigenvalue weighted by molar-refractivity contribution is 0.431. The minimum Gasteiger partial charge on any atom is -0.457 e. The molecule has 0 saturated heterocycles. The Kier molecular flexibility index (Phi) is 10.2. The SMILES string of the molecule is C=C/C=C(Oc1ccc2c(c1C)C1(C(C)=C(/C=C\CC)c3ccccc31)c1cc(-c3ccc(-c4nc(-c5ccccc5)cc(-c5ccccc5)n4)cc3)ccc1-2)\C(C)=C/C. The zero-order chi connectivity index (χ0) is 41.4. The monoisotopic (exact) mass is 776 g/mol. The van der Waals surface area contributed by atoms with Crippen LogP contribution in [-0.4, -0.2) is 9.97 Å². The lowest BCUT2D eigenvalue weighted by atomic mass is 9.68. The molecule has 9 rings (SSSR count). The van der Waals surface area contributed by atoms with Gasteiger partial charge in [-0.3, -0.25) is 0 Å². The van der Waals surface area contributed by atoms with Crippen molar-refractivity contribution < 1.29 is 4.74 Å². The van der Waals surface area contributed by atoms with Crippen LogP contribution in [0, 0.1) is 6.92 Å². The number of allylic oxidation sites excluding steroid dienone is 8. The van der Waals surface area contributed by atoms with Gasteiger partial charge in [0, 0.05) is 16.7 Å². The average Bonchev–Trinajstić information content (AvgIpc) is 3.74. The number of ether oxygens (including phenoxy) is 1. The first-order valence-electron chi connectivity index (χ1n) is 20.9. The summed E-state index contributed by atoms with van der Waals surface area (Å²) in [7, 11) is 0. The summed E-state index contributed by atoms with van der Waals surface area (Å²) < 4.78 is 6.77. The maximum absolute atomic E-state index is 6.77. The highest BCUT2D eigenvalue weighted by molar-refractivity contribution is 5.98. The van der Waals surface area contributed by atoms with Gasteiger partial charge in [0.15, 0.2) is 5.82 Å². The lowest BCUT2D eigenvalue weighted by Gasteiger charge is -2.33. The number of nitrogens with zero attached hydrogens (tertiary/aromatic N) is 2. The summed E-state index contributed by atoms with van der Waals surface area (Å²) in [5.41, 5.74) is 19.1. The van der Waals surface area contributed by atoms with Gasteiger partial charge in [0.25, 0.3) is 0 Å². The minimum absolute atomic E-state index is 0.508. The molecule has 292 valence electrons. The number of benzene rings is 6. The van der Waals surface area contributed by atoms with Gasteiger partial charge in [-0.1, -0.05) is 165 Å². The highest BCUT2D eigenvalue weighted by Crippen LogP contribution is 2.63. The molecule has 3 nitrogen and oxygen atoms in total. The van der Waals surface area contributed by atoms with E-state index in [1.54, 1.807) is 6.08 Å².